The summed E-state index contributed by atoms with van der Waals surface area (Å²) in [7, 11) is 8.57. The fourth-order valence-electron chi connectivity index (χ4n) is 9.06. The quantitative estimate of drug-likeness (QED) is 0.0269. The van der Waals surface area contributed by atoms with E-state index < -0.39 is 126 Å². The minimum Gasteiger partial charge on any atom is -0.480 e. The van der Waals surface area contributed by atoms with E-state index in [2.05, 4.69) is 38.5 Å². The van der Waals surface area contributed by atoms with Crippen LogP contribution in [-0.4, -0.2) is 202 Å². The molecule has 2 aromatic rings. The molecule has 0 bridgehead atoms. The van der Waals surface area contributed by atoms with Crippen molar-refractivity contribution in [1.82, 2.24) is 51.5 Å². The highest BCUT2D eigenvalue weighted by atomic mass is 33.1. The van der Waals surface area contributed by atoms with Gasteiger partial charge in [-0.25, -0.2) is 4.79 Å². The van der Waals surface area contributed by atoms with Gasteiger partial charge in [0.2, 0.25) is 53.2 Å². The minimum absolute atomic E-state index is 0.0200. The summed E-state index contributed by atoms with van der Waals surface area (Å²) in [6, 6.07) is 6.42. The number of carboxylic acids is 1. The maximum Gasteiger partial charge on any atom is 0.408 e. The number of unbranched alkanes of at least 4 members (excludes halogenated alkanes) is 1. The van der Waals surface area contributed by atoms with E-state index in [-0.39, 0.29) is 67.6 Å². The average molecular weight is 1280 g/mol. The summed E-state index contributed by atoms with van der Waals surface area (Å²) in [6.07, 6.45) is 1.80. The van der Waals surface area contributed by atoms with Gasteiger partial charge < -0.3 is 67.1 Å². The van der Waals surface area contributed by atoms with Crippen LogP contribution in [0.15, 0.2) is 73.3 Å². The summed E-state index contributed by atoms with van der Waals surface area (Å²) in [6.45, 7) is 22.8. The molecule has 0 aliphatic carbocycles. The van der Waals surface area contributed by atoms with Crippen molar-refractivity contribution in [3.8, 4) is 0 Å². The molecule has 24 nitrogen and oxygen atoms in total. The number of likely N-dealkylation sites (N-methyl/N-ethyl adjacent to an activating group) is 4. The monoisotopic (exact) mass is 1280 g/mol. The van der Waals surface area contributed by atoms with Gasteiger partial charge in [-0.05, 0) is 89.2 Å². The summed E-state index contributed by atoms with van der Waals surface area (Å²) in [5.74, 6) is -7.08. The third kappa shape index (κ3) is 27.2. The van der Waals surface area contributed by atoms with Gasteiger partial charge in [0.15, 0.2) is 0 Å². The van der Waals surface area contributed by atoms with Crippen LogP contribution in [0, 0.1) is 11.8 Å². The first-order chi connectivity index (χ1) is 41.6. The second kappa shape index (κ2) is 38.4. The van der Waals surface area contributed by atoms with Gasteiger partial charge in [0.05, 0.1) is 6.04 Å². The number of nitrogens with one attached hydrogen (secondary N) is 6. The van der Waals surface area contributed by atoms with Gasteiger partial charge >= 0.3 is 12.1 Å². The number of nitrogens with two attached hydrogens (primary N) is 1. The first-order valence-electron chi connectivity index (χ1n) is 30.1. The molecule has 0 aliphatic rings. The van der Waals surface area contributed by atoms with Gasteiger partial charge in [0, 0.05) is 51.7 Å². The highest BCUT2D eigenvalue weighted by molar-refractivity contribution is 8.77. The van der Waals surface area contributed by atoms with E-state index in [0.29, 0.717) is 18.4 Å². The predicted molar refractivity (Wildman–Crippen MR) is 347 cm³/mol. The van der Waals surface area contributed by atoms with Gasteiger partial charge in [-0.15, -0.1) is 0 Å². The second-order valence-corrected chi connectivity index (χ2v) is 27.4. The number of benzene rings is 2. The van der Waals surface area contributed by atoms with Crippen LogP contribution < -0.4 is 37.6 Å². The Labute approximate surface area is 533 Å². The van der Waals surface area contributed by atoms with Gasteiger partial charge in [0.1, 0.15) is 61.0 Å². The largest absolute Gasteiger partial charge is 0.480 e. The van der Waals surface area contributed by atoms with Crippen LogP contribution in [0.3, 0.4) is 0 Å². The molecule has 9 N–H and O–H groups in total. The lowest BCUT2D eigenvalue weighted by molar-refractivity contribution is -0.150. The number of nitrogens with zero attached hydrogens (tertiary/aromatic N) is 4. The molecule has 2 aromatic carbocycles. The Morgan fingerprint density at radius 1 is 0.573 bits per heavy atom. The number of hydrogen-bond acceptors (Lipinski definition) is 15. The molecule has 0 aromatic heterocycles. The van der Waals surface area contributed by atoms with E-state index in [1.165, 1.54) is 87.5 Å². The van der Waals surface area contributed by atoms with Crippen molar-refractivity contribution in [2.45, 2.75) is 186 Å². The van der Waals surface area contributed by atoms with E-state index in [1.807, 2.05) is 78.8 Å². The van der Waals surface area contributed by atoms with E-state index in [1.54, 1.807) is 41.1 Å². The zero-order valence-electron chi connectivity index (χ0n) is 54.6. The minimum atomic E-state index is -1.27. The molecule has 496 valence electrons. The van der Waals surface area contributed by atoms with Crippen molar-refractivity contribution in [1.29, 1.82) is 0 Å². The Morgan fingerprint density at radius 3 is 1.64 bits per heavy atom. The van der Waals surface area contributed by atoms with Crippen LogP contribution in [-0.2, 0) is 65.5 Å². The molecular formula is C63H99N11O13S2. The Hall–Kier alpha value is -7.19. The highest BCUT2D eigenvalue weighted by Crippen LogP contribution is 2.35. The number of carbonyl (C=O) groups excluding carboxylic acids is 10. The van der Waals surface area contributed by atoms with Gasteiger partial charge in [-0.3, -0.25) is 47.9 Å². The molecule has 0 aliphatic heterocycles. The number of aliphatic carboxylic acids is 1. The van der Waals surface area contributed by atoms with Crippen LogP contribution in [0.4, 0.5) is 4.79 Å². The van der Waals surface area contributed by atoms with E-state index >= 15 is 0 Å². The smallest absolute Gasteiger partial charge is 0.408 e. The fraction of sp³-hybridized carbons (Fsp3) is 0.603. The molecule has 0 spiro atoms. The third-order valence-corrected chi connectivity index (χ3v) is 17.9. The van der Waals surface area contributed by atoms with Crippen molar-refractivity contribution in [2.24, 2.45) is 17.6 Å². The average Bonchev–Trinajstić information content (AvgIpc) is 1.29. The normalized spacial score (nSPS) is 14.7. The van der Waals surface area contributed by atoms with Crippen LogP contribution in [0.2, 0.25) is 0 Å². The number of hydrogen-bond donors (Lipinski definition) is 8. The van der Waals surface area contributed by atoms with Crippen molar-refractivity contribution >= 4 is 86.8 Å². The summed E-state index contributed by atoms with van der Waals surface area (Å²) in [5, 5.41) is 25.5. The first-order valence-corrected chi connectivity index (χ1v) is 32.4. The maximum absolute atomic E-state index is 14.6. The molecule has 26 heteroatoms. The molecule has 0 saturated carbocycles. The summed E-state index contributed by atoms with van der Waals surface area (Å²) >= 11 is 0. The lowest BCUT2D eigenvalue weighted by Gasteiger charge is -2.36. The molecule has 89 heavy (non-hydrogen) atoms. The second-order valence-electron chi connectivity index (χ2n) is 24.2. The topological polar surface area (TPSA) is 328 Å². The number of carbonyl (C=O) groups is 11. The van der Waals surface area contributed by atoms with Crippen molar-refractivity contribution in [3.63, 3.8) is 0 Å². The van der Waals surface area contributed by atoms with E-state index in [9.17, 15) is 57.8 Å². The third-order valence-electron chi connectivity index (χ3n) is 14.5. The zero-order valence-corrected chi connectivity index (χ0v) is 56.2. The Balaban J connectivity index is 2.37. The zero-order chi connectivity index (χ0) is 67.5. The Kier molecular flexibility index (Phi) is 33.6. The van der Waals surface area contributed by atoms with Crippen LogP contribution in [0.25, 0.3) is 0 Å². The number of rotatable bonds is 37. The molecule has 0 radical (unpaired) electrons. The molecule has 0 fully saturated rings. The molecule has 10 atom stereocenters. The number of alkyl carbamates (subject to hydrolysis) is 1. The van der Waals surface area contributed by atoms with Gasteiger partial charge in [-0.1, -0.05) is 143 Å². The SMILES string of the molecule is C=CCOC(=O)N[C@@H](CSSC(C)(C)C)C(=O)NCCCC[C@H](NC(=O)[C@@H](N)Cc1ccccc1)C(=O)N[C@@H](CC(C)C)C(=O)N(C)[C@@H](C)C(=O)N(C)[C@@H](CC(C)C)C(=O)N[C@@H](C)C(=O)N(C)[C@@H](Cc1ccccc1)C(=O)N(C)[C@@H](C)C(=O)N[C@@H](C)C(=O)O. The fourth-order valence-corrected chi connectivity index (χ4v) is 11.5. The summed E-state index contributed by atoms with van der Waals surface area (Å²) in [5.41, 5.74) is 7.87. The molecule has 0 saturated heterocycles. The van der Waals surface area contributed by atoms with E-state index in [0.717, 1.165) is 10.5 Å². The van der Waals surface area contributed by atoms with Crippen LogP contribution >= 0.6 is 21.6 Å². The van der Waals surface area contributed by atoms with Crippen molar-refractivity contribution < 1.29 is 62.6 Å². The Bertz CT molecular complexity index is 2680. The van der Waals surface area contributed by atoms with Crippen molar-refractivity contribution in [3.05, 3.63) is 84.4 Å². The maximum atomic E-state index is 14.6. The number of carboxylic acid groups (broad SMARTS) is 1. The summed E-state index contributed by atoms with van der Waals surface area (Å²) < 4.78 is 4.94. The lowest BCUT2D eigenvalue weighted by Crippen LogP contribution is -2.60. The van der Waals surface area contributed by atoms with Crippen LogP contribution in [0.1, 0.15) is 119 Å². The van der Waals surface area contributed by atoms with Gasteiger partial charge in [-0.2, -0.15) is 0 Å². The van der Waals surface area contributed by atoms with Crippen LogP contribution in [0.5, 0.6) is 0 Å². The first kappa shape index (κ1) is 77.9. The molecule has 2 rings (SSSR count). The predicted octanol–water partition coefficient (Wildman–Crippen LogP) is 4.05. The number of amides is 10. The lowest BCUT2D eigenvalue weighted by atomic mass is 9.99. The molecule has 10 amide bonds. The molecule has 0 heterocycles. The summed E-state index contributed by atoms with van der Waals surface area (Å²) in [4.78, 5) is 155. The highest BCUT2D eigenvalue weighted by Gasteiger charge is 2.39. The standard InChI is InChI=1S/C63H99N11O13S2/c1-17-32-87-62(86)70-49(37-88-89-63(10,11)12)54(77)65-31-25-24-30-47(68-53(76)46(64)35-44-26-20-18-21-27-44)55(78)69-48(33-38(2)3)59(82)72(14)43(9)58(81)73(15)50(34-39(4)5)56(79)66-40(6)57(80)74(16)51(36-45-28-22-19-23-29-45)60(83)71(13)42(8)52(75)67-41(7)61(84)85/h17-23,26-29,38-43,46-51H,1,24-25,30-37,64H2,2-16H3,(H,65,77)(H,66,79)(H,67,75)(H,68,76)(H,69,78)(H,70,86)(H,84,85)/t40-,41-,42-,43-,46-,47-,48-,49-,50-,51-/m0/s1. The molecule has 0 unspecified atom stereocenters. The number of ether oxygens (including phenoxy) is 1. The van der Waals surface area contributed by atoms with Crippen molar-refractivity contribution in [2.75, 3.05) is 47.1 Å². The molecular weight excluding hydrogens is 1180 g/mol. The van der Waals surface area contributed by atoms with E-state index in [4.69, 9.17) is 10.5 Å². The van der Waals surface area contributed by atoms with Gasteiger partial charge in [0.25, 0.3) is 0 Å². The Morgan fingerprint density at radius 2 is 1.10 bits per heavy atom.